The Morgan fingerprint density at radius 1 is 1.29 bits per heavy atom. The second-order valence-electron chi connectivity index (χ2n) is 6.26. The van der Waals surface area contributed by atoms with E-state index in [4.69, 9.17) is 23.2 Å². The van der Waals surface area contributed by atoms with Crippen LogP contribution in [0.3, 0.4) is 0 Å². The molecule has 1 aliphatic heterocycles. The van der Waals surface area contributed by atoms with Gasteiger partial charge in [0.05, 0.1) is 12.1 Å². The summed E-state index contributed by atoms with van der Waals surface area (Å²) in [6, 6.07) is 9.27. The Bertz CT molecular complexity index is 723. The van der Waals surface area contributed by atoms with Crippen molar-refractivity contribution in [1.82, 2.24) is 9.47 Å². The van der Waals surface area contributed by atoms with Gasteiger partial charge in [-0.2, -0.15) is 0 Å². The number of benzene rings is 1. The average Bonchev–Trinajstić information content (AvgIpc) is 3.13. The van der Waals surface area contributed by atoms with Crippen LogP contribution >= 0.6 is 23.2 Å². The van der Waals surface area contributed by atoms with E-state index in [1.54, 1.807) is 18.2 Å². The lowest BCUT2D eigenvalue weighted by atomic mass is 10.1. The van der Waals surface area contributed by atoms with Crippen LogP contribution in [0, 0.1) is 0 Å². The molecule has 1 aliphatic rings. The largest absolute Gasteiger partial charge is 0.353 e. The second-order valence-corrected chi connectivity index (χ2v) is 7.14. The molecule has 1 N–H and O–H groups in total. The standard InChI is InChI=1S/C18H21Cl2N3O/c1-12(18(24)21-15-10-13(19)9-14(20)11-15)23-8-4-6-17(23)16-5-3-7-22(16)2/h3,5,7,9-12,17H,4,6,8H2,1-2H3,(H,21,24)/t12-,17+/m0/s1. The van der Waals surface area contributed by atoms with Crippen LogP contribution in [-0.2, 0) is 11.8 Å². The molecule has 0 radical (unpaired) electrons. The number of carbonyl (C=O) groups excluding carboxylic acids is 1. The number of hydrogen-bond donors (Lipinski definition) is 1. The Kier molecular flexibility index (Phi) is 5.18. The highest BCUT2D eigenvalue weighted by Gasteiger charge is 2.34. The smallest absolute Gasteiger partial charge is 0.241 e. The molecule has 128 valence electrons. The number of anilines is 1. The van der Waals surface area contributed by atoms with Gasteiger partial charge in [-0.25, -0.2) is 0 Å². The first kappa shape index (κ1) is 17.3. The number of likely N-dealkylation sites (tertiary alicyclic amines) is 1. The minimum atomic E-state index is -0.231. The van der Waals surface area contributed by atoms with Crippen LogP contribution in [0.1, 0.15) is 31.5 Å². The summed E-state index contributed by atoms with van der Waals surface area (Å²) >= 11 is 12.0. The number of halogens is 2. The molecule has 2 heterocycles. The first-order chi connectivity index (χ1) is 11.5. The van der Waals surface area contributed by atoms with Gasteiger partial charge in [-0.15, -0.1) is 0 Å². The monoisotopic (exact) mass is 365 g/mol. The van der Waals surface area contributed by atoms with Crippen LogP contribution in [0.15, 0.2) is 36.5 Å². The number of aromatic nitrogens is 1. The minimum absolute atomic E-state index is 0.0468. The van der Waals surface area contributed by atoms with Crippen molar-refractivity contribution in [3.63, 3.8) is 0 Å². The number of aryl methyl sites for hydroxylation is 1. The van der Waals surface area contributed by atoms with E-state index < -0.39 is 0 Å². The third-order valence-electron chi connectivity index (χ3n) is 4.63. The molecular weight excluding hydrogens is 345 g/mol. The van der Waals surface area contributed by atoms with Gasteiger partial charge in [0.25, 0.3) is 0 Å². The van der Waals surface area contributed by atoms with Crippen molar-refractivity contribution in [2.75, 3.05) is 11.9 Å². The fourth-order valence-corrected chi connectivity index (χ4v) is 3.94. The number of rotatable bonds is 4. The fraction of sp³-hybridized carbons (Fsp3) is 0.389. The topological polar surface area (TPSA) is 37.3 Å². The van der Waals surface area contributed by atoms with E-state index >= 15 is 0 Å². The lowest BCUT2D eigenvalue weighted by Crippen LogP contribution is -2.42. The summed E-state index contributed by atoms with van der Waals surface area (Å²) in [6.07, 6.45) is 4.21. The summed E-state index contributed by atoms with van der Waals surface area (Å²) in [7, 11) is 2.05. The number of nitrogens with one attached hydrogen (secondary N) is 1. The van der Waals surface area contributed by atoms with Crippen LogP contribution in [0.4, 0.5) is 5.69 Å². The zero-order chi connectivity index (χ0) is 17.3. The minimum Gasteiger partial charge on any atom is -0.353 e. The molecule has 0 unspecified atom stereocenters. The van der Waals surface area contributed by atoms with Crippen molar-refractivity contribution in [2.24, 2.45) is 7.05 Å². The molecule has 2 atom stereocenters. The highest BCUT2D eigenvalue weighted by Crippen LogP contribution is 2.34. The van der Waals surface area contributed by atoms with Gasteiger partial charge >= 0.3 is 0 Å². The molecule has 4 nitrogen and oxygen atoms in total. The predicted octanol–water partition coefficient (Wildman–Crippen LogP) is 4.50. The van der Waals surface area contributed by atoms with Crippen molar-refractivity contribution in [1.29, 1.82) is 0 Å². The van der Waals surface area contributed by atoms with Gasteiger partial charge in [-0.1, -0.05) is 23.2 Å². The summed E-state index contributed by atoms with van der Waals surface area (Å²) in [5.74, 6) is -0.0468. The molecule has 0 bridgehead atoms. The van der Waals surface area contributed by atoms with Crippen LogP contribution in [0.25, 0.3) is 0 Å². The van der Waals surface area contributed by atoms with Crippen molar-refractivity contribution in [3.8, 4) is 0 Å². The average molecular weight is 366 g/mol. The van der Waals surface area contributed by atoms with E-state index in [1.165, 1.54) is 5.69 Å². The molecule has 0 saturated carbocycles. The van der Waals surface area contributed by atoms with Crippen LogP contribution in [0.2, 0.25) is 10.0 Å². The van der Waals surface area contributed by atoms with E-state index in [-0.39, 0.29) is 18.0 Å². The third-order valence-corrected chi connectivity index (χ3v) is 5.06. The summed E-state index contributed by atoms with van der Waals surface area (Å²) in [4.78, 5) is 14.9. The molecule has 1 aromatic heterocycles. The SMILES string of the molecule is C[C@@H](C(=O)Nc1cc(Cl)cc(Cl)c1)N1CCC[C@@H]1c1cccn1C. The van der Waals surface area contributed by atoms with Crippen molar-refractivity contribution >= 4 is 34.8 Å². The second kappa shape index (κ2) is 7.18. The maximum Gasteiger partial charge on any atom is 0.241 e. The van der Waals surface area contributed by atoms with Crippen LogP contribution in [-0.4, -0.2) is 28.0 Å². The quantitative estimate of drug-likeness (QED) is 0.865. The van der Waals surface area contributed by atoms with Crippen molar-refractivity contribution < 1.29 is 4.79 Å². The number of nitrogens with zero attached hydrogens (tertiary/aromatic N) is 2. The molecule has 1 aromatic carbocycles. The van der Waals surface area contributed by atoms with Gasteiger partial charge in [0.1, 0.15) is 0 Å². The van der Waals surface area contributed by atoms with Crippen LogP contribution < -0.4 is 5.32 Å². The molecule has 1 amide bonds. The molecule has 3 rings (SSSR count). The molecule has 1 fully saturated rings. The fourth-order valence-electron chi connectivity index (χ4n) is 3.41. The Morgan fingerprint density at radius 3 is 2.62 bits per heavy atom. The molecular formula is C18H21Cl2N3O. The van der Waals surface area contributed by atoms with E-state index in [1.807, 2.05) is 26.2 Å². The van der Waals surface area contributed by atoms with E-state index in [0.717, 1.165) is 19.4 Å². The van der Waals surface area contributed by atoms with Gasteiger partial charge in [0.2, 0.25) is 5.91 Å². The first-order valence-corrected chi connectivity index (χ1v) is 8.85. The molecule has 1 saturated heterocycles. The first-order valence-electron chi connectivity index (χ1n) is 8.09. The molecule has 0 aliphatic carbocycles. The van der Waals surface area contributed by atoms with Gasteiger partial charge in [0.15, 0.2) is 0 Å². The maximum absolute atomic E-state index is 12.7. The summed E-state index contributed by atoms with van der Waals surface area (Å²) < 4.78 is 2.13. The number of carbonyl (C=O) groups is 1. The summed E-state index contributed by atoms with van der Waals surface area (Å²) in [5.41, 5.74) is 1.87. The van der Waals surface area contributed by atoms with Gasteiger partial charge in [0, 0.05) is 34.7 Å². The summed E-state index contributed by atoms with van der Waals surface area (Å²) in [5, 5.41) is 3.94. The molecule has 24 heavy (non-hydrogen) atoms. The summed E-state index contributed by atoms with van der Waals surface area (Å²) in [6.45, 7) is 2.86. The van der Waals surface area contributed by atoms with Crippen molar-refractivity contribution in [2.45, 2.75) is 31.8 Å². The highest BCUT2D eigenvalue weighted by atomic mass is 35.5. The highest BCUT2D eigenvalue weighted by molar-refractivity contribution is 6.35. The van der Waals surface area contributed by atoms with Crippen molar-refractivity contribution in [3.05, 3.63) is 52.3 Å². The Hall–Kier alpha value is -1.49. The molecule has 0 spiro atoms. The lowest BCUT2D eigenvalue weighted by Gasteiger charge is -2.30. The van der Waals surface area contributed by atoms with E-state index in [9.17, 15) is 4.79 Å². The maximum atomic E-state index is 12.7. The third kappa shape index (κ3) is 3.61. The Balaban J connectivity index is 1.74. The Labute approximate surface area is 152 Å². The van der Waals surface area contributed by atoms with E-state index in [2.05, 4.69) is 20.9 Å². The molecule has 6 heteroatoms. The lowest BCUT2D eigenvalue weighted by molar-refractivity contribution is -0.121. The van der Waals surface area contributed by atoms with Gasteiger partial charge in [-0.05, 0) is 56.6 Å². The number of hydrogen-bond acceptors (Lipinski definition) is 2. The predicted molar refractivity (Wildman–Crippen MR) is 98.6 cm³/mol. The van der Waals surface area contributed by atoms with E-state index in [0.29, 0.717) is 15.7 Å². The van der Waals surface area contributed by atoms with Crippen LogP contribution in [0.5, 0.6) is 0 Å². The van der Waals surface area contributed by atoms with Gasteiger partial charge in [-0.3, -0.25) is 9.69 Å². The zero-order valence-electron chi connectivity index (χ0n) is 13.8. The number of amides is 1. The van der Waals surface area contributed by atoms with Gasteiger partial charge < -0.3 is 9.88 Å². The Morgan fingerprint density at radius 2 is 2.00 bits per heavy atom. The normalized spacial score (nSPS) is 19.4. The molecule has 2 aromatic rings. The zero-order valence-corrected chi connectivity index (χ0v) is 15.3.